The molecule has 0 aliphatic heterocycles. The van der Waals surface area contributed by atoms with Crippen molar-refractivity contribution in [3.8, 4) is 0 Å². The van der Waals surface area contributed by atoms with Crippen molar-refractivity contribution in [2.24, 2.45) is 0 Å². The third kappa shape index (κ3) is 3.54. The Morgan fingerprint density at radius 1 is 1.33 bits per heavy atom. The molecule has 0 spiro atoms. The molecule has 0 saturated carbocycles. The Labute approximate surface area is 114 Å². The highest BCUT2D eigenvalue weighted by Gasteiger charge is 2.17. The van der Waals surface area contributed by atoms with Gasteiger partial charge in [0, 0.05) is 11.6 Å². The molecule has 0 heterocycles. The van der Waals surface area contributed by atoms with Crippen molar-refractivity contribution < 1.29 is 19.1 Å². The fraction of sp³-hybridized carbons (Fsp3) is 0.333. The van der Waals surface area contributed by atoms with Crippen LogP contribution in [-0.4, -0.2) is 32.2 Å². The van der Waals surface area contributed by atoms with Gasteiger partial charge in [0.1, 0.15) is 6.10 Å². The van der Waals surface area contributed by atoms with Gasteiger partial charge in [-0.2, -0.15) is 0 Å². The lowest BCUT2D eigenvalue weighted by Gasteiger charge is -2.13. The van der Waals surface area contributed by atoms with E-state index in [-0.39, 0.29) is 11.5 Å². The van der Waals surface area contributed by atoms with Crippen molar-refractivity contribution in [2.45, 2.75) is 13.0 Å². The first-order valence-corrected chi connectivity index (χ1v) is 6.00. The van der Waals surface area contributed by atoms with Crippen LogP contribution in [0.2, 0.25) is 0 Å². The van der Waals surface area contributed by atoms with Crippen molar-refractivity contribution in [3.63, 3.8) is 0 Å². The molecule has 1 atom stereocenters. The molecular weight excluding hydrogens is 302 g/mol. The average Bonchev–Trinajstić information content (AvgIpc) is 2.37. The Balaban J connectivity index is 3.03. The van der Waals surface area contributed by atoms with Gasteiger partial charge in [-0.25, -0.2) is 4.79 Å². The third-order valence-corrected chi connectivity index (χ3v) is 2.86. The minimum absolute atomic E-state index is 0.289. The maximum atomic E-state index is 11.7. The Bertz CT molecular complexity index is 461. The minimum Gasteiger partial charge on any atom is -0.465 e. The van der Waals surface area contributed by atoms with Crippen LogP contribution in [0, 0.1) is 0 Å². The van der Waals surface area contributed by atoms with E-state index in [1.54, 1.807) is 25.1 Å². The zero-order valence-corrected chi connectivity index (χ0v) is 11.9. The summed E-state index contributed by atoms with van der Waals surface area (Å²) < 4.78 is 10.3. The molecule has 1 aromatic rings. The van der Waals surface area contributed by atoms with Crippen LogP contribution in [0.3, 0.4) is 0 Å². The van der Waals surface area contributed by atoms with Gasteiger partial charge in [0.15, 0.2) is 0 Å². The summed E-state index contributed by atoms with van der Waals surface area (Å²) in [7, 11) is 2.72. The van der Waals surface area contributed by atoms with Gasteiger partial charge in [0.2, 0.25) is 0 Å². The molecule has 1 aromatic carbocycles. The Morgan fingerprint density at radius 2 is 2.00 bits per heavy atom. The molecule has 5 nitrogen and oxygen atoms in total. The molecule has 1 amide bonds. The number of hydrogen-bond acceptors (Lipinski definition) is 4. The number of hydrogen-bond donors (Lipinski definition) is 1. The van der Waals surface area contributed by atoms with E-state index < -0.39 is 12.1 Å². The summed E-state index contributed by atoms with van der Waals surface area (Å²) in [4.78, 5) is 23.3. The quantitative estimate of drug-likeness (QED) is 0.865. The summed E-state index contributed by atoms with van der Waals surface area (Å²) in [5.41, 5.74) is 0.669. The van der Waals surface area contributed by atoms with Crippen LogP contribution in [0.4, 0.5) is 5.69 Å². The van der Waals surface area contributed by atoms with Crippen LogP contribution in [0.15, 0.2) is 22.7 Å². The van der Waals surface area contributed by atoms with Gasteiger partial charge in [-0.1, -0.05) is 15.9 Å². The van der Waals surface area contributed by atoms with E-state index in [4.69, 9.17) is 4.74 Å². The normalized spacial score (nSPS) is 11.8. The Hall–Kier alpha value is -1.40. The number of anilines is 1. The topological polar surface area (TPSA) is 64.6 Å². The molecule has 0 radical (unpaired) electrons. The Morgan fingerprint density at radius 3 is 2.56 bits per heavy atom. The highest BCUT2D eigenvalue weighted by Crippen LogP contribution is 2.22. The molecule has 6 heteroatoms. The number of esters is 1. The number of carbonyl (C=O) groups is 2. The second kappa shape index (κ2) is 6.51. The van der Waals surface area contributed by atoms with Gasteiger partial charge in [-0.15, -0.1) is 0 Å². The zero-order chi connectivity index (χ0) is 13.7. The predicted octanol–water partition coefficient (Wildman–Crippen LogP) is 2.21. The molecule has 1 N–H and O–H groups in total. The molecule has 1 rings (SSSR count). The minimum atomic E-state index is -0.602. The van der Waals surface area contributed by atoms with E-state index in [0.717, 1.165) is 4.47 Å². The lowest BCUT2D eigenvalue weighted by atomic mass is 10.1. The lowest BCUT2D eigenvalue weighted by molar-refractivity contribution is -0.124. The van der Waals surface area contributed by atoms with E-state index in [2.05, 4.69) is 26.0 Å². The largest absolute Gasteiger partial charge is 0.465 e. The molecule has 0 saturated heterocycles. The first-order valence-electron chi connectivity index (χ1n) is 5.21. The summed E-state index contributed by atoms with van der Waals surface area (Å²) in [5.74, 6) is -0.844. The van der Waals surface area contributed by atoms with E-state index >= 15 is 0 Å². The maximum Gasteiger partial charge on any atom is 0.339 e. The van der Waals surface area contributed by atoms with Crippen molar-refractivity contribution in [3.05, 3.63) is 28.2 Å². The van der Waals surface area contributed by atoms with Crippen molar-refractivity contribution in [1.29, 1.82) is 0 Å². The maximum absolute atomic E-state index is 11.7. The van der Waals surface area contributed by atoms with E-state index in [0.29, 0.717) is 5.69 Å². The molecule has 0 bridgehead atoms. The number of methoxy groups -OCH3 is 2. The smallest absolute Gasteiger partial charge is 0.339 e. The van der Waals surface area contributed by atoms with E-state index in [9.17, 15) is 9.59 Å². The number of halogens is 1. The molecule has 0 aromatic heterocycles. The number of nitrogens with one attached hydrogen (secondary N) is 1. The van der Waals surface area contributed by atoms with Crippen LogP contribution in [-0.2, 0) is 14.3 Å². The molecular formula is C12H14BrNO4. The highest BCUT2D eigenvalue weighted by atomic mass is 79.9. The number of ether oxygens (including phenoxy) is 2. The summed E-state index contributed by atoms with van der Waals surface area (Å²) in [6.07, 6.45) is -0.602. The zero-order valence-electron chi connectivity index (χ0n) is 10.3. The molecule has 0 aliphatic carbocycles. The number of carbonyl (C=O) groups excluding carboxylic acids is 2. The number of amides is 1. The molecule has 18 heavy (non-hydrogen) atoms. The van der Waals surface area contributed by atoms with Gasteiger partial charge in [-0.3, -0.25) is 4.79 Å². The van der Waals surface area contributed by atoms with Crippen molar-refractivity contribution >= 4 is 33.5 Å². The van der Waals surface area contributed by atoms with Gasteiger partial charge in [-0.05, 0) is 25.1 Å². The van der Waals surface area contributed by atoms with Crippen molar-refractivity contribution in [2.75, 3.05) is 19.5 Å². The number of rotatable bonds is 4. The predicted molar refractivity (Wildman–Crippen MR) is 70.6 cm³/mol. The fourth-order valence-corrected chi connectivity index (χ4v) is 1.61. The fourth-order valence-electron chi connectivity index (χ4n) is 1.25. The second-order valence-electron chi connectivity index (χ2n) is 3.55. The van der Waals surface area contributed by atoms with Crippen LogP contribution in [0.5, 0.6) is 0 Å². The molecule has 0 fully saturated rings. The summed E-state index contributed by atoms with van der Waals surface area (Å²) in [5, 5.41) is 2.62. The van der Waals surface area contributed by atoms with Gasteiger partial charge >= 0.3 is 5.97 Å². The van der Waals surface area contributed by atoms with Crippen molar-refractivity contribution in [1.82, 2.24) is 0 Å². The highest BCUT2D eigenvalue weighted by molar-refractivity contribution is 9.10. The molecule has 1 unspecified atom stereocenters. The molecule has 0 aliphatic rings. The Kier molecular flexibility index (Phi) is 5.30. The first kappa shape index (κ1) is 14.7. The summed E-state index contributed by atoms with van der Waals surface area (Å²) in [6.45, 7) is 1.62. The lowest BCUT2D eigenvalue weighted by Crippen LogP contribution is -2.27. The third-order valence-electron chi connectivity index (χ3n) is 2.37. The summed E-state index contributed by atoms with van der Waals surface area (Å²) >= 11 is 3.28. The van der Waals surface area contributed by atoms with E-state index in [1.807, 2.05) is 0 Å². The van der Waals surface area contributed by atoms with Crippen LogP contribution in [0.1, 0.15) is 17.3 Å². The number of benzene rings is 1. The standard InChI is InChI=1S/C12H14BrNO4/c1-7(17-2)11(15)14-10-6-8(13)4-5-9(10)12(16)18-3/h4-7H,1-3H3,(H,14,15). The van der Waals surface area contributed by atoms with E-state index in [1.165, 1.54) is 14.2 Å². The van der Waals surface area contributed by atoms with Gasteiger partial charge in [0.05, 0.1) is 18.4 Å². The van der Waals surface area contributed by atoms with Crippen LogP contribution >= 0.6 is 15.9 Å². The molecule has 98 valence electrons. The van der Waals surface area contributed by atoms with Crippen LogP contribution < -0.4 is 5.32 Å². The first-order chi connectivity index (χ1) is 8.49. The second-order valence-corrected chi connectivity index (χ2v) is 4.46. The summed E-state index contributed by atoms with van der Waals surface area (Å²) in [6, 6.07) is 4.90. The monoisotopic (exact) mass is 315 g/mol. The van der Waals surface area contributed by atoms with Crippen LogP contribution in [0.25, 0.3) is 0 Å². The van der Waals surface area contributed by atoms with Gasteiger partial charge < -0.3 is 14.8 Å². The SMILES string of the molecule is COC(=O)c1ccc(Br)cc1NC(=O)C(C)OC. The van der Waals surface area contributed by atoms with Gasteiger partial charge in [0.25, 0.3) is 5.91 Å². The average molecular weight is 316 g/mol.